The maximum absolute atomic E-state index is 6.20. The first-order chi connectivity index (χ1) is 8.74. The fourth-order valence-corrected chi connectivity index (χ4v) is 2.35. The van der Waals surface area contributed by atoms with Gasteiger partial charge in [0.05, 0.1) is 23.8 Å². The second-order valence-corrected chi connectivity index (χ2v) is 4.74. The lowest BCUT2D eigenvalue weighted by Crippen LogP contribution is -2.17. The van der Waals surface area contributed by atoms with Crippen LogP contribution in [0.4, 0.5) is 5.69 Å². The number of anilines is 1. The minimum Gasteiger partial charge on any atom is -0.363 e. The van der Waals surface area contributed by atoms with Crippen LogP contribution in [-0.2, 0) is 0 Å². The van der Waals surface area contributed by atoms with Crippen molar-refractivity contribution in [1.29, 1.82) is 0 Å². The van der Waals surface area contributed by atoms with Crippen molar-refractivity contribution in [1.82, 2.24) is 14.8 Å². The van der Waals surface area contributed by atoms with E-state index in [2.05, 4.69) is 21.6 Å². The van der Waals surface area contributed by atoms with Crippen molar-refractivity contribution in [3.63, 3.8) is 0 Å². The Bertz CT molecular complexity index is 576. The molecule has 18 heavy (non-hydrogen) atoms. The third-order valence-corrected chi connectivity index (χ3v) is 3.32. The van der Waals surface area contributed by atoms with Crippen LogP contribution < -0.4 is 4.90 Å². The third-order valence-electron chi connectivity index (χ3n) is 3.05. The van der Waals surface area contributed by atoms with Crippen LogP contribution in [0, 0.1) is 0 Å². The molecule has 0 bridgehead atoms. The molecule has 3 rings (SSSR count). The van der Waals surface area contributed by atoms with Gasteiger partial charge in [0.15, 0.2) is 5.15 Å². The molecule has 0 radical (unpaired) electrons. The number of nitrogens with zero attached hydrogens (tertiary/aromatic N) is 4. The van der Waals surface area contributed by atoms with E-state index in [9.17, 15) is 0 Å². The minimum absolute atomic E-state index is 0.522. The Labute approximate surface area is 111 Å². The molecule has 2 aromatic heterocycles. The van der Waals surface area contributed by atoms with Crippen molar-refractivity contribution in [3.8, 4) is 5.69 Å². The van der Waals surface area contributed by atoms with Crippen molar-refractivity contribution < 1.29 is 0 Å². The van der Waals surface area contributed by atoms with Crippen LogP contribution in [0.1, 0.15) is 6.42 Å². The fourth-order valence-electron chi connectivity index (χ4n) is 2.10. The summed E-state index contributed by atoms with van der Waals surface area (Å²) in [5.41, 5.74) is 3.10. The van der Waals surface area contributed by atoms with Gasteiger partial charge in [0.1, 0.15) is 0 Å². The monoisotopic (exact) mass is 260 g/mol. The van der Waals surface area contributed by atoms with Crippen LogP contribution in [-0.4, -0.2) is 27.9 Å². The van der Waals surface area contributed by atoms with Crippen molar-refractivity contribution in [2.75, 3.05) is 18.0 Å². The molecule has 2 aromatic rings. The average Bonchev–Trinajstić information content (AvgIpc) is 2.97. The first kappa shape index (κ1) is 11.3. The van der Waals surface area contributed by atoms with Gasteiger partial charge in [-0.05, 0) is 18.6 Å². The first-order valence-corrected chi connectivity index (χ1v) is 6.19. The predicted octanol–water partition coefficient (Wildman–Crippen LogP) is 2.69. The van der Waals surface area contributed by atoms with Crippen LogP contribution >= 0.6 is 11.6 Å². The van der Waals surface area contributed by atoms with E-state index < -0.39 is 0 Å². The third kappa shape index (κ3) is 1.99. The van der Waals surface area contributed by atoms with Gasteiger partial charge in [-0.25, -0.2) is 4.68 Å². The smallest absolute Gasteiger partial charge is 0.174 e. The molecule has 0 N–H and O–H groups in total. The Morgan fingerprint density at radius 3 is 2.94 bits per heavy atom. The Kier molecular flexibility index (Phi) is 2.80. The highest BCUT2D eigenvalue weighted by atomic mass is 35.5. The highest BCUT2D eigenvalue weighted by Crippen LogP contribution is 2.29. The molecule has 1 aliphatic rings. The van der Waals surface area contributed by atoms with Gasteiger partial charge in [-0.1, -0.05) is 23.8 Å². The van der Waals surface area contributed by atoms with Crippen LogP contribution in [0.25, 0.3) is 5.69 Å². The Hall–Kier alpha value is -1.81. The zero-order valence-corrected chi connectivity index (χ0v) is 10.6. The molecule has 0 unspecified atom stereocenters. The molecular formula is C13H13ClN4. The highest BCUT2D eigenvalue weighted by molar-refractivity contribution is 6.32. The molecular weight excluding hydrogens is 248 g/mol. The topological polar surface area (TPSA) is 34.0 Å². The normalized spacial score (nSPS) is 15.4. The zero-order valence-electron chi connectivity index (χ0n) is 9.88. The lowest BCUT2D eigenvalue weighted by atomic mass is 10.3. The Morgan fingerprint density at radius 2 is 2.28 bits per heavy atom. The van der Waals surface area contributed by atoms with Gasteiger partial charge < -0.3 is 4.90 Å². The molecule has 5 heteroatoms. The predicted molar refractivity (Wildman–Crippen MR) is 72.3 cm³/mol. The van der Waals surface area contributed by atoms with Crippen molar-refractivity contribution in [3.05, 3.63) is 48.0 Å². The van der Waals surface area contributed by atoms with E-state index in [1.165, 1.54) is 5.57 Å². The lowest BCUT2D eigenvalue weighted by Gasteiger charge is -2.14. The summed E-state index contributed by atoms with van der Waals surface area (Å²) in [6, 6.07) is 3.82. The summed E-state index contributed by atoms with van der Waals surface area (Å²) < 4.78 is 1.76. The van der Waals surface area contributed by atoms with E-state index in [1.54, 1.807) is 17.1 Å². The van der Waals surface area contributed by atoms with Crippen LogP contribution in [0.5, 0.6) is 0 Å². The van der Waals surface area contributed by atoms with Crippen LogP contribution in [0.15, 0.2) is 42.9 Å². The van der Waals surface area contributed by atoms with Gasteiger partial charge in [-0.3, -0.25) is 4.98 Å². The maximum atomic E-state index is 6.20. The summed E-state index contributed by atoms with van der Waals surface area (Å²) >= 11 is 6.20. The summed E-state index contributed by atoms with van der Waals surface area (Å²) in [4.78, 5) is 6.28. The molecule has 1 aliphatic heterocycles. The molecule has 3 heterocycles. The number of aromatic nitrogens is 3. The molecule has 92 valence electrons. The van der Waals surface area contributed by atoms with Crippen molar-refractivity contribution in [2.24, 2.45) is 0 Å². The largest absolute Gasteiger partial charge is 0.363 e. The van der Waals surface area contributed by atoms with Crippen LogP contribution in [0.3, 0.4) is 0 Å². The van der Waals surface area contributed by atoms with Gasteiger partial charge in [-0.15, -0.1) is 0 Å². The number of pyridine rings is 1. The fraction of sp³-hybridized carbons (Fsp3) is 0.231. The number of halogens is 1. The Morgan fingerprint density at radius 1 is 1.39 bits per heavy atom. The van der Waals surface area contributed by atoms with E-state index in [-0.39, 0.29) is 0 Å². The number of hydrogen-bond acceptors (Lipinski definition) is 3. The van der Waals surface area contributed by atoms with Gasteiger partial charge in [-0.2, -0.15) is 5.10 Å². The Balaban J connectivity index is 1.94. The second-order valence-electron chi connectivity index (χ2n) is 4.38. The highest BCUT2D eigenvalue weighted by Gasteiger charge is 2.20. The lowest BCUT2D eigenvalue weighted by molar-refractivity contribution is 0.873. The summed E-state index contributed by atoms with van der Waals surface area (Å²) in [6.45, 7) is 5.82. The van der Waals surface area contributed by atoms with Crippen molar-refractivity contribution in [2.45, 2.75) is 6.42 Å². The summed E-state index contributed by atoms with van der Waals surface area (Å²) in [6.07, 6.45) is 6.46. The summed E-state index contributed by atoms with van der Waals surface area (Å²) in [5, 5.41) is 4.84. The van der Waals surface area contributed by atoms with Gasteiger partial charge >= 0.3 is 0 Å². The zero-order chi connectivity index (χ0) is 12.5. The van der Waals surface area contributed by atoms with Gasteiger partial charge in [0.25, 0.3) is 0 Å². The summed E-state index contributed by atoms with van der Waals surface area (Å²) in [7, 11) is 0. The molecule has 4 nitrogen and oxygen atoms in total. The molecule has 1 fully saturated rings. The van der Waals surface area contributed by atoms with E-state index in [0.29, 0.717) is 5.15 Å². The standard InChI is InChI=1S/C13H13ClN4/c1-10-4-6-17(8-10)12-9-18(16-13(12)14)11-3-2-5-15-7-11/h2-3,5,7,9H,1,4,6,8H2. The summed E-state index contributed by atoms with van der Waals surface area (Å²) in [5.74, 6) is 0. The number of rotatable bonds is 2. The van der Waals surface area contributed by atoms with E-state index in [1.807, 2.05) is 18.3 Å². The van der Waals surface area contributed by atoms with E-state index in [0.717, 1.165) is 30.9 Å². The molecule has 0 aliphatic carbocycles. The minimum atomic E-state index is 0.522. The first-order valence-electron chi connectivity index (χ1n) is 5.81. The molecule has 0 amide bonds. The molecule has 0 spiro atoms. The van der Waals surface area contributed by atoms with E-state index >= 15 is 0 Å². The molecule has 0 saturated carbocycles. The van der Waals surface area contributed by atoms with Crippen LogP contribution in [0.2, 0.25) is 5.15 Å². The van der Waals surface area contributed by atoms with Gasteiger partial charge in [0.2, 0.25) is 0 Å². The second kappa shape index (κ2) is 4.46. The average molecular weight is 261 g/mol. The van der Waals surface area contributed by atoms with E-state index in [4.69, 9.17) is 11.6 Å². The maximum Gasteiger partial charge on any atom is 0.174 e. The molecule has 1 saturated heterocycles. The quantitative estimate of drug-likeness (QED) is 0.779. The molecule has 0 aromatic carbocycles. The molecule has 0 atom stereocenters. The number of hydrogen-bond donors (Lipinski definition) is 0. The van der Waals surface area contributed by atoms with Crippen molar-refractivity contribution >= 4 is 17.3 Å². The van der Waals surface area contributed by atoms with Gasteiger partial charge in [0, 0.05) is 19.3 Å². The SMILES string of the molecule is C=C1CCN(c2cn(-c3cccnc3)nc2Cl)C1.